The summed E-state index contributed by atoms with van der Waals surface area (Å²) in [5.74, 6) is -0.954. The van der Waals surface area contributed by atoms with Crippen molar-refractivity contribution in [2.24, 2.45) is 11.8 Å². The Hall–Kier alpha value is -1.95. The lowest BCUT2D eigenvalue weighted by Gasteiger charge is -2.45. The molecule has 1 aromatic rings. The lowest BCUT2D eigenvalue weighted by molar-refractivity contribution is -0.385. The van der Waals surface area contributed by atoms with Gasteiger partial charge in [-0.2, -0.15) is 0 Å². The number of nitro groups is 1. The number of carbonyl (C=O) groups is 1. The van der Waals surface area contributed by atoms with Gasteiger partial charge in [0.25, 0.3) is 5.69 Å². The van der Waals surface area contributed by atoms with Crippen LogP contribution in [0, 0.1) is 28.9 Å². The highest BCUT2D eigenvalue weighted by atomic mass is 16.6. The van der Waals surface area contributed by atoms with Gasteiger partial charge in [0.1, 0.15) is 0 Å². The molecule has 1 aliphatic heterocycles. The predicted molar refractivity (Wildman–Crippen MR) is 78.1 cm³/mol. The molecular weight excluding hydrogens is 272 g/mol. The summed E-state index contributed by atoms with van der Waals surface area (Å²) in [5, 5.41) is 20.0. The molecule has 1 aliphatic rings. The minimum Gasteiger partial charge on any atom is -0.481 e. The van der Waals surface area contributed by atoms with Gasteiger partial charge < -0.3 is 5.11 Å². The van der Waals surface area contributed by atoms with Crippen molar-refractivity contribution >= 4 is 11.7 Å². The average Bonchev–Trinajstić information content (AvgIpc) is 2.36. The summed E-state index contributed by atoms with van der Waals surface area (Å²) in [6.07, 6.45) is 0. The first-order valence-electron chi connectivity index (χ1n) is 7.03. The summed E-state index contributed by atoms with van der Waals surface area (Å²) in [6.45, 7) is 6.88. The number of aryl methyl sites for hydroxylation is 1. The van der Waals surface area contributed by atoms with Crippen LogP contribution >= 0.6 is 0 Å². The van der Waals surface area contributed by atoms with Gasteiger partial charge in [0.15, 0.2) is 0 Å². The molecule has 2 rings (SSSR count). The molecule has 2 atom stereocenters. The minimum atomic E-state index is -0.765. The van der Waals surface area contributed by atoms with Gasteiger partial charge in [0.05, 0.1) is 10.8 Å². The SMILES string of the molecule is Cc1ccc(C(C)N2CC(C(C)C(=O)O)C2)cc1[N+](=O)[O-]. The molecule has 1 saturated heterocycles. The smallest absolute Gasteiger partial charge is 0.306 e. The third kappa shape index (κ3) is 3.05. The average molecular weight is 292 g/mol. The first-order chi connectivity index (χ1) is 9.81. The van der Waals surface area contributed by atoms with Crippen molar-refractivity contribution in [3.05, 3.63) is 39.4 Å². The number of nitro benzene ring substituents is 1. The molecule has 0 saturated carbocycles. The number of carboxylic acids is 1. The second kappa shape index (κ2) is 5.81. The minimum absolute atomic E-state index is 0.0570. The van der Waals surface area contributed by atoms with Crippen LogP contribution in [0.25, 0.3) is 0 Å². The highest BCUT2D eigenvalue weighted by Gasteiger charge is 2.37. The van der Waals surface area contributed by atoms with Gasteiger partial charge in [0.2, 0.25) is 0 Å². The van der Waals surface area contributed by atoms with Gasteiger partial charge in [-0.25, -0.2) is 0 Å². The standard InChI is InChI=1S/C15H20N2O4/c1-9-4-5-12(6-14(9)17(20)21)11(3)16-7-13(8-16)10(2)15(18)19/h4-6,10-11,13H,7-8H2,1-3H3,(H,18,19). The van der Waals surface area contributed by atoms with Crippen LogP contribution in [0.15, 0.2) is 18.2 Å². The monoisotopic (exact) mass is 292 g/mol. The number of rotatable bonds is 5. The third-order valence-corrected chi connectivity index (χ3v) is 4.49. The first-order valence-corrected chi connectivity index (χ1v) is 7.03. The molecular formula is C15H20N2O4. The van der Waals surface area contributed by atoms with Gasteiger partial charge in [-0.15, -0.1) is 0 Å². The number of benzene rings is 1. The Morgan fingerprint density at radius 1 is 1.43 bits per heavy atom. The van der Waals surface area contributed by atoms with Crippen molar-refractivity contribution in [1.29, 1.82) is 0 Å². The molecule has 0 bridgehead atoms. The van der Waals surface area contributed by atoms with Crippen LogP contribution < -0.4 is 0 Å². The lowest BCUT2D eigenvalue weighted by atomic mass is 9.85. The molecule has 0 aromatic heterocycles. The van der Waals surface area contributed by atoms with Crippen molar-refractivity contribution < 1.29 is 14.8 Å². The van der Waals surface area contributed by atoms with Crippen molar-refractivity contribution in [3.8, 4) is 0 Å². The summed E-state index contributed by atoms with van der Waals surface area (Å²) in [6, 6.07) is 5.34. The van der Waals surface area contributed by atoms with E-state index in [0.717, 1.165) is 18.7 Å². The van der Waals surface area contributed by atoms with Crippen LogP contribution in [0.3, 0.4) is 0 Å². The molecule has 1 fully saturated rings. The predicted octanol–water partition coefficient (Wildman–Crippen LogP) is 2.62. The van der Waals surface area contributed by atoms with Crippen LogP contribution in [-0.2, 0) is 4.79 Å². The second-order valence-electron chi connectivity index (χ2n) is 5.82. The fourth-order valence-electron chi connectivity index (χ4n) is 2.68. The fraction of sp³-hybridized carbons (Fsp3) is 0.533. The fourth-order valence-corrected chi connectivity index (χ4v) is 2.68. The van der Waals surface area contributed by atoms with E-state index in [-0.39, 0.29) is 28.5 Å². The Morgan fingerprint density at radius 3 is 2.57 bits per heavy atom. The molecule has 1 heterocycles. The van der Waals surface area contributed by atoms with Crippen LogP contribution in [0.2, 0.25) is 0 Å². The maximum atomic E-state index is 11.0. The maximum absolute atomic E-state index is 11.0. The zero-order chi connectivity index (χ0) is 15.7. The molecule has 0 amide bonds. The number of nitrogens with zero attached hydrogens (tertiary/aromatic N) is 2. The van der Waals surface area contributed by atoms with Gasteiger partial charge in [-0.3, -0.25) is 19.8 Å². The summed E-state index contributed by atoms with van der Waals surface area (Å²) in [7, 11) is 0. The number of aliphatic carboxylic acids is 1. The molecule has 0 spiro atoms. The third-order valence-electron chi connectivity index (χ3n) is 4.49. The van der Waals surface area contributed by atoms with Crippen LogP contribution in [-0.4, -0.2) is 34.0 Å². The van der Waals surface area contributed by atoms with Crippen LogP contribution in [0.4, 0.5) is 5.69 Å². The molecule has 1 aromatic carbocycles. The number of hydrogen-bond donors (Lipinski definition) is 1. The molecule has 6 heteroatoms. The van der Waals surface area contributed by atoms with E-state index < -0.39 is 5.97 Å². The van der Waals surface area contributed by atoms with Gasteiger partial charge in [0, 0.05) is 30.8 Å². The summed E-state index contributed by atoms with van der Waals surface area (Å²) in [5.41, 5.74) is 1.68. The van der Waals surface area contributed by atoms with E-state index in [1.807, 2.05) is 13.0 Å². The Kier molecular flexibility index (Phi) is 4.27. The van der Waals surface area contributed by atoms with Crippen molar-refractivity contribution in [2.45, 2.75) is 26.8 Å². The molecule has 21 heavy (non-hydrogen) atoms. The highest BCUT2D eigenvalue weighted by molar-refractivity contribution is 5.70. The maximum Gasteiger partial charge on any atom is 0.306 e. The molecule has 1 N–H and O–H groups in total. The van der Waals surface area contributed by atoms with Gasteiger partial charge in [-0.1, -0.05) is 19.1 Å². The second-order valence-corrected chi connectivity index (χ2v) is 5.82. The summed E-state index contributed by atoms with van der Waals surface area (Å²) >= 11 is 0. The van der Waals surface area contributed by atoms with E-state index in [1.54, 1.807) is 26.0 Å². The number of carboxylic acid groups (broad SMARTS) is 1. The zero-order valence-electron chi connectivity index (χ0n) is 12.4. The first kappa shape index (κ1) is 15.4. The molecule has 0 radical (unpaired) electrons. The van der Waals surface area contributed by atoms with E-state index in [2.05, 4.69) is 4.90 Å². The van der Waals surface area contributed by atoms with E-state index in [1.165, 1.54) is 0 Å². The Balaban J connectivity index is 2.06. The molecule has 0 aliphatic carbocycles. The summed E-state index contributed by atoms with van der Waals surface area (Å²) in [4.78, 5) is 23.7. The molecule has 6 nitrogen and oxygen atoms in total. The zero-order valence-corrected chi connectivity index (χ0v) is 12.4. The van der Waals surface area contributed by atoms with Crippen LogP contribution in [0.5, 0.6) is 0 Å². The summed E-state index contributed by atoms with van der Waals surface area (Å²) < 4.78 is 0. The number of hydrogen-bond acceptors (Lipinski definition) is 4. The van der Waals surface area contributed by atoms with E-state index in [9.17, 15) is 14.9 Å². The number of likely N-dealkylation sites (tertiary alicyclic amines) is 1. The van der Waals surface area contributed by atoms with Crippen molar-refractivity contribution in [3.63, 3.8) is 0 Å². The highest BCUT2D eigenvalue weighted by Crippen LogP contribution is 2.33. The van der Waals surface area contributed by atoms with E-state index in [0.29, 0.717) is 5.56 Å². The molecule has 114 valence electrons. The van der Waals surface area contributed by atoms with Gasteiger partial charge >= 0.3 is 5.97 Å². The topological polar surface area (TPSA) is 83.7 Å². The normalized spacial score (nSPS) is 18.8. The van der Waals surface area contributed by atoms with Crippen LogP contribution in [0.1, 0.15) is 31.0 Å². The van der Waals surface area contributed by atoms with Crippen molar-refractivity contribution in [2.75, 3.05) is 13.1 Å². The largest absolute Gasteiger partial charge is 0.481 e. The van der Waals surface area contributed by atoms with E-state index >= 15 is 0 Å². The molecule has 2 unspecified atom stereocenters. The van der Waals surface area contributed by atoms with Gasteiger partial charge in [-0.05, 0) is 25.3 Å². The lowest BCUT2D eigenvalue weighted by Crippen LogP contribution is -2.51. The Labute approximate surface area is 123 Å². The van der Waals surface area contributed by atoms with E-state index in [4.69, 9.17) is 5.11 Å². The quantitative estimate of drug-likeness (QED) is 0.666. The Morgan fingerprint density at radius 2 is 2.05 bits per heavy atom. The Bertz CT molecular complexity index is 567. The van der Waals surface area contributed by atoms with Crippen molar-refractivity contribution in [1.82, 2.24) is 4.90 Å².